The van der Waals surface area contributed by atoms with Crippen LogP contribution >= 0.6 is 0 Å². The van der Waals surface area contributed by atoms with Crippen LogP contribution in [0.4, 0.5) is 13.2 Å². The first-order valence-electron chi connectivity index (χ1n) is 11.2. The highest BCUT2D eigenvalue weighted by Crippen LogP contribution is 2.35. The van der Waals surface area contributed by atoms with Gasteiger partial charge in [0, 0.05) is 49.5 Å². The van der Waals surface area contributed by atoms with Gasteiger partial charge in [0.1, 0.15) is 17.8 Å². The Kier molecular flexibility index (Phi) is 9.36. The van der Waals surface area contributed by atoms with Gasteiger partial charge in [-0.2, -0.15) is 13.2 Å². The Morgan fingerprint density at radius 2 is 1.89 bits per heavy atom. The summed E-state index contributed by atoms with van der Waals surface area (Å²) in [5, 5.41) is 12.1. The Balaban J connectivity index is 1.85. The molecule has 0 aliphatic carbocycles. The van der Waals surface area contributed by atoms with E-state index in [0.29, 0.717) is 30.8 Å². The van der Waals surface area contributed by atoms with Crippen LogP contribution < -0.4 is 10.1 Å². The van der Waals surface area contributed by atoms with Gasteiger partial charge >= 0.3 is 6.18 Å². The highest BCUT2D eigenvalue weighted by Gasteiger charge is 2.31. The molecular weight excluding hydrogens is 459 g/mol. The molecular formula is C26H28F3N3O3. The van der Waals surface area contributed by atoms with Crippen LogP contribution in [-0.4, -0.2) is 54.6 Å². The summed E-state index contributed by atoms with van der Waals surface area (Å²) in [7, 11) is 1.76. The van der Waals surface area contributed by atoms with Crippen molar-refractivity contribution in [3.8, 4) is 22.8 Å². The van der Waals surface area contributed by atoms with Gasteiger partial charge in [0.15, 0.2) is 0 Å². The number of benzene rings is 2. The van der Waals surface area contributed by atoms with Gasteiger partial charge in [0.2, 0.25) is 0 Å². The Bertz CT molecular complexity index is 1100. The molecule has 0 saturated heterocycles. The second-order valence-corrected chi connectivity index (χ2v) is 7.94. The molecule has 0 saturated carbocycles. The van der Waals surface area contributed by atoms with Crippen LogP contribution in [0.5, 0.6) is 11.5 Å². The third-order valence-corrected chi connectivity index (χ3v) is 5.35. The predicted octanol–water partition coefficient (Wildman–Crippen LogP) is 4.31. The Hall–Kier alpha value is -3.27. The van der Waals surface area contributed by atoms with Crippen molar-refractivity contribution >= 4 is 6.29 Å². The Morgan fingerprint density at radius 3 is 2.54 bits per heavy atom. The maximum absolute atomic E-state index is 13.4. The summed E-state index contributed by atoms with van der Waals surface area (Å²) >= 11 is 0. The molecule has 0 aliphatic heterocycles. The highest BCUT2D eigenvalue weighted by molar-refractivity contribution is 5.60. The fraction of sp³-hybridized carbons (Fsp3) is 0.308. The molecule has 0 unspecified atom stereocenters. The summed E-state index contributed by atoms with van der Waals surface area (Å²) in [6, 6.07) is 16.0. The van der Waals surface area contributed by atoms with Crippen LogP contribution in [-0.2, 0) is 23.9 Å². The molecule has 35 heavy (non-hydrogen) atoms. The van der Waals surface area contributed by atoms with Gasteiger partial charge in [-0.15, -0.1) is 0 Å². The van der Waals surface area contributed by atoms with E-state index in [0.717, 1.165) is 35.4 Å². The number of aliphatic hydroxyl groups is 1. The minimum absolute atomic E-state index is 0.0118. The number of halogens is 3. The first-order chi connectivity index (χ1) is 16.8. The SMILES string of the molecule is CNCCN(CC=O)Cc1cc(C(F)(F)F)ccc1Oc1ccc(-c2cccc(CCO)n2)cc1. The van der Waals surface area contributed by atoms with Crippen LogP contribution in [0.15, 0.2) is 60.7 Å². The molecule has 1 aromatic heterocycles. The highest BCUT2D eigenvalue weighted by atomic mass is 19.4. The lowest BCUT2D eigenvalue weighted by atomic mass is 10.1. The Labute approximate surface area is 202 Å². The molecule has 3 aromatic rings. The van der Waals surface area contributed by atoms with E-state index < -0.39 is 11.7 Å². The second kappa shape index (κ2) is 12.4. The number of nitrogens with zero attached hydrogens (tertiary/aromatic N) is 2. The van der Waals surface area contributed by atoms with Gasteiger partial charge in [-0.3, -0.25) is 9.88 Å². The normalized spacial score (nSPS) is 11.6. The van der Waals surface area contributed by atoms with E-state index in [2.05, 4.69) is 10.3 Å². The number of nitrogens with one attached hydrogen (secondary N) is 1. The number of pyridine rings is 1. The lowest BCUT2D eigenvalue weighted by Gasteiger charge is -2.22. The van der Waals surface area contributed by atoms with Crippen molar-refractivity contribution in [2.75, 3.05) is 33.3 Å². The van der Waals surface area contributed by atoms with E-state index in [1.54, 1.807) is 24.1 Å². The van der Waals surface area contributed by atoms with E-state index in [9.17, 15) is 18.0 Å². The monoisotopic (exact) mass is 487 g/mol. The molecule has 0 fully saturated rings. The quantitative estimate of drug-likeness (QED) is 0.371. The van der Waals surface area contributed by atoms with Crippen molar-refractivity contribution < 1.29 is 27.8 Å². The zero-order valence-electron chi connectivity index (χ0n) is 19.4. The van der Waals surface area contributed by atoms with Crippen molar-refractivity contribution in [2.24, 2.45) is 0 Å². The number of carbonyl (C=O) groups excluding carboxylic acids is 1. The average molecular weight is 488 g/mol. The molecule has 3 rings (SSSR count). The lowest BCUT2D eigenvalue weighted by Crippen LogP contribution is -2.32. The number of ether oxygens (including phenoxy) is 1. The molecule has 0 atom stereocenters. The van der Waals surface area contributed by atoms with Crippen molar-refractivity contribution in [1.82, 2.24) is 15.2 Å². The number of aromatic nitrogens is 1. The summed E-state index contributed by atoms with van der Waals surface area (Å²) in [5.74, 6) is 0.743. The first-order valence-corrected chi connectivity index (χ1v) is 11.2. The number of likely N-dealkylation sites (N-methyl/N-ethyl adjacent to an activating group) is 1. The maximum atomic E-state index is 13.4. The average Bonchev–Trinajstić information content (AvgIpc) is 2.84. The minimum Gasteiger partial charge on any atom is -0.457 e. The van der Waals surface area contributed by atoms with Crippen LogP contribution in [0.1, 0.15) is 16.8 Å². The number of hydrogen-bond acceptors (Lipinski definition) is 6. The predicted molar refractivity (Wildman–Crippen MR) is 127 cm³/mol. The van der Waals surface area contributed by atoms with Crippen LogP contribution in [0, 0.1) is 0 Å². The van der Waals surface area contributed by atoms with E-state index in [4.69, 9.17) is 9.84 Å². The molecule has 9 heteroatoms. The molecule has 0 spiro atoms. The fourth-order valence-corrected chi connectivity index (χ4v) is 3.54. The first kappa shape index (κ1) is 26.3. The zero-order chi connectivity index (χ0) is 25.3. The van der Waals surface area contributed by atoms with Crippen molar-refractivity contribution in [3.63, 3.8) is 0 Å². The van der Waals surface area contributed by atoms with Gasteiger partial charge in [-0.05, 0) is 61.6 Å². The zero-order valence-corrected chi connectivity index (χ0v) is 19.4. The number of hydrogen-bond donors (Lipinski definition) is 2. The molecule has 1 heterocycles. The van der Waals surface area contributed by atoms with E-state index in [1.807, 2.05) is 30.3 Å². The maximum Gasteiger partial charge on any atom is 0.416 e. The summed E-state index contributed by atoms with van der Waals surface area (Å²) in [4.78, 5) is 17.4. The molecule has 186 valence electrons. The van der Waals surface area contributed by atoms with Crippen molar-refractivity contribution in [3.05, 3.63) is 77.5 Å². The molecule has 0 bridgehead atoms. The number of alkyl halides is 3. The minimum atomic E-state index is -4.49. The van der Waals surface area contributed by atoms with Gasteiger partial charge in [-0.1, -0.05) is 6.07 Å². The second-order valence-electron chi connectivity index (χ2n) is 7.94. The Morgan fingerprint density at radius 1 is 1.11 bits per heavy atom. The van der Waals surface area contributed by atoms with Gasteiger partial charge < -0.3 is 20.0 Å². The van der Waals surface area contributed by atoms with Crippen LogP contribution in [0.2, 0.25) is 0 Å². The third-order valence-electron chi connectivity index (χ3n) is 5.35. The molecule has 6 nitrogen and oxygen atoms in total. The van der Waals surface area contributed by atoms with E-state index in [-0.39, 0.29) is 25.4 Å². The molecule has 0 amide bonds. The molecule has 0 radical (unpaired) electrons. The summed E-state index contributed by atoms with van der Waals surface area (Å²) < 4.78 is 46.0. The number of aliphatic hydroxyl groups excluding tert-OH is 1. The van der Waals surface area contributed by atoms with Crippen molar-refractivity contribution in [1.29, 1.82) is 0 Å². The summed E-state index contributed by atoms with van der Waals surface area (Å²) in [6.07, 6.45) is -3.31. The smallest absolute Gasteiger partial charge is 0.416 e. The van der Waals surface area contributed by atoms with Gasteiger partial charge in [0.25, 0.3) is 0 Å². The van der Waals surface area contributed by atoms with Crippen molar-refractivity contribution in [2.45, 2.75) is 19.1 Å². The van der Waals surface area contributed by atoms with E-state index >= 15 is 0 Å². The third kappa shape index (κ3) is 7.61. The molecule has 2 aromatic carbocycles. The standard InChI is InChI=1S/C26H28F3N3O3/c1-30-12-13-32(14-16-34)18-20-17-21(26(27,28)29)7-10-25(20)35-23-8-5-19(6-9-23)24-4-2-3-22(31-24)11-15-33/h2-10,16-17,30,33H,11-15,18H2,1H3. The molecule has 0 aliphatic rings. The largest absolute Gasteiger partial charge is 0.457 e. The van der Waals surface area contributed by atoms with E-state index in [1.165, 1.54) is 6.07 Å². The number of carbonyl (C=O) groups is 1. The van der Waals surface area contributed by atoms with Gasteiger partial charge in [0.05, 0.1) is 17.8 Å². The van der Waals surface area contributed by atoms with Crippen LogP contribution in [0.25, 0.3) is 11.3 Å². The number of aldehydes is 1. The van der Waals surface area contributed by atoms with Crippen LogP contribution in [0.3, 0.4) is 0 Å². The number of rotatable bonds is 12. The summed E-state index contributed by atoms with van der Waals surface area (Å²) in [5.41, 5.74) is 1.92. The molecule has 2 N–H and O–H groups in total. The lowest BCUT2D eigenvalue weighted by molar-refractivity contribution is -0.137. The topological polar surface area (TPSA) is 74.7 Å². The summed E-state index contributed by atoms with van der Waals surface area (Å²) in [6.45, 7) is 1.30. The van der Waals surface area contributed by atoms with Gasteiger partial charge in [-0.25, -0.2) is 0 Å². The fourth-order valence-electron chi connectivity index (χ4n) is 3.54.